The average molecular weight is 539 g/mol. The Kier molecular flexibility index (Phi) is 7.91. The van der Waals surface area contributed by atoms with E-state index >= 15 is 0 Å². The minimum Gasteiger partial charge on any atom is -0.480 e. The first-order valence-corrected chi connectivity index (χ1v) is 13.2. The van der Waals surface area contributed by atoms with Gasteiger partial charge in [-0.15, -0.1) is 0 Å². The predicted octanol–water partition coefficient (Wildman–Crippen LogP) is 3.45. The SMILES string of the molecule is O=C(O)CNC(=O)C[C@@H]1Cc2ccccc2N1C(=O)[C@H](CCc1ccccc1)NC(=O)c1cc2ccccc2[nH]1. The van der Waals surface area contributed by atoms with Gasteiger partial charge in [-0.3, -0.25) is 19.2 Å². The molecule has 40 heavy (non-hydrogen) atoms. The molecular weight excluding hydrogens is 508 g/mol. The number of aliphatic carboxylic acids is 1. The van der Waals surface area contributed by atoms with Crippen LogP contribution in [-0.4, -0.2) is 52.4 Å². The second-order valence-corrected chi connectivity index (χ2v) is 9.89. The van der Waals surface area contributed by atoms with Crippen LogP contribution in [0.3, 0.4) is 0 Å². The van der Waals surface area contributed by atoms with Gasteiger partial charge < -0.3 is 25.6 Å². The molecule has 0 fully saturated rings. The van der Waals surface area contributed by atoms with E-state index in [1.165, 1.54) is 0 Å². The van der Waals surface area contributed by atoms with E-state index in [1.807, 2.05) is 78.9 Å². The minimum atomic E-state index is -1.14. The van der Waals surface area contributed by atoms with E-state index in [4.69, 9.17) is 5.11 Å². The average Bonchev–Trinajstić information content (AvgIpc) is 3.55. The number of aryl methyl sites for hydroxylation is 1. The lowest BCUT2D eigenvalue weighted by molar-refractivity contribution is -0.138. The van der Waals surface area contributed by atoms with Crippen LogP contribution in [0.15, 0.2) is 84.9 Å². The van der Waals surface area contributed by atoms with Crippen LogP contribution in [-0.2, 0) is 27.2 Å². The summed E-state index contributed by atoms with van der Waals surface area (Å²) in [6, 6.07) is 25.1. The number of carboxylic acids is 1. The van der Waals surface area contributed by atoms with Crippen molar-refractivity contribution >= 4 is 40.3 Å². The van der Waals surface area contributed by atoms with Crippen LogP contribution in [0.25, 0.3) is 10.9 Å². The van der Waals surface area contributed by atoms with Crippen molar-refractivity contribution in [3.63, 3.8) is 0 Å². The molecule has 0 radical (unpaired) electrons. The minimum absolute atomic E-state index is 0.0604. The van der Waals surface area contributed by atoms with Gasteiger partial charge in [0.15, 0.2) is 0 Å². The fourth-order valence-electron chi connectivity index (χ4n) is 5.20. The molecule has 9 heteroatoms. The van der Waals surface area contributed by atoms with Crippen molar-refractivity contribution in [2.75, 3.05) is 11.4 Å². The van der Waals surface area contributed by atoms with E-state index < -0.39 is 36.4 Å². The molecule has 0 aliphatic carbocycles. The lowest BCUT2D eigenvalue weighted by Crippen LogP contribution is -2.52. The second-order valence-electron chi connectivity index (χ2n) is 9.89. The molecule has 9 nitrogen and oxygen atoms in total. The summed E-state index contributed by atoms with van der Waals surface area (Å²) in [5, 5.41) is 15.2. The van der Waals surface area contributed by atoms with Crippen LogP contribution in [0.5, 0.6) is 0 Å². The van der Waals surface area contributed by atoms with Gasteiger partial charge in [0.05, 0.1) is 0 Å². The molecule has 0 unspecified atom stereocenters. The number of nitrogens with zero attached hydrogens (tertiary/aromatic N) is 1. The Balaban J connectivity index is 1.41. The van der Waals surface area contributed by atoms with Crippen molar-refractivity contribution in [3.05, 3.63) is 102 Å². The maximum Gasteiger partial charge on any atom is 0.322 e. The molecule has 1 aromatic heterocycles. The predicted molar refractivity (Wildman–Crippen MR) is 151 cm³/mol. The lowest BCUT2D eigenvalue weighted by atomic mass is 10.0. The first-order valence-electron chi connectivity index (χ1n) is 13.2. The van der Waals surface area contributed by atoms with E-state index in [9.17, 15) is 19.2 Å². The lowest BCUT2D eigenvalue weighted by Gasteiger charge is -2.30. The van der Waals surface area contributed by atoms with Crippen molar-refractivity contribution in [2.45, 2.75) is 37.8 Å². The van der Waals surface area contributed by atoms with Gasteiger partial charge in [0, 0.05) is 29.1 Å². The number of anilines is 1. The number of carboxylic acid groups (broad SMARTS) is 1. The highest BCUT2D eigenvalue weighted by Crippen LogP contribution is 2.34. The van der Waals surface area contributed by atoms with E-state index in [0.717, 1.165) is 22.0 Å². The second kappa shape index (κ2) is 11.9. The van der Waals surface area contributed by atoms with E-state index in [0.29, 0.717) is 30.6 Å². The summed E-state index contributed by atoms with van der Waals surface area (Å²) in [6.45, 7) is -0.493. The molecule has 204 valence electrons. The summed E-state index contributed by atoms with van der Waals surface area (Å²) >= 11 is 0. The largest absolute Gasteiger partial charge is 0.480 e. The Morgan fingerprint density at radius 1 is 0.950 bits per heavy atom. The number of H-pyrrole nitrogens is 1. The van der Waals surface area contributed by atoms with Crippen molar-refractivity contribution in [1.82, 2.24) is 15.6 Å². The molecule has 4 N–H and O–H groups in total. The van der Waals surface area contributed by atoms with Gasteiger partial charge in [-0.05, 0) is 48.6 Å². The molecule has 0 saturated carbocycles. The zero-order valence-corrected chi connectivity index (χ0v) is 21.8. The highest BCUT2D eigenvalue weighted by molar-refractivity contribution is 6.05. The number of carbonyl (C=O) groups excluding carboxylic acids is 3. The molecular formula is C31H30N4O5. The number of rotatable bonds is 10. The molecule has 0 saturated heterocycles. The highest BCUT2D eigenvalue weighted by atomic mass is 16.4. The molecule has 2 atom stereocenters. The molecule has 1 aliphatic rings. The Bertz CT molecular complexity index is 1510. The summed E-state index contributed by atoms with van der Waals surface area (Å²) < 4.78 is 0. The number of hydrogen-bond donors (Lipinski definition) is 4. The number of fused-ring (bicyclic) bond motifs is 2. The molecule has 4 aromatic rings. The number of aromatic amines is 1. The number of nitrogens with one attached hydrogen (secondary N) is 3. The Hall–Kier alpha value is -4.92. The van der Waals surface area contributed by atoms with E-state index in [-0.39, 0.29) is 12.3 Å². The summed E-state index contributed by atoms with van der Waals surface area (Å²) in [7, 11) is 0. The first kappa shape index (κ1) is 26.7. The number of hydrogen-bond acceptors (Lipinski definition) is 4. The Labute approximate surface area is 231 Å². The molecule has 5 rings (SSSR count). The van der Waals surface area contributed by atoms with Crippen LogP contribution in [0.2, 0.25) is 0 Å². The standard InChI is InChI=1S/C31H30N4O5/c36-28(32-19-29(37)38)18-23-16-22-11-5-7-13-27(22)35(23)31(40)25(15-14-20-8-2-1-3-9-20)34-30(39)26-17-21-10-4-6-12-24(21)33-26/h1-13,17,23,25,33H,14-16,18-19H2,(H,32,36)(H,34,39)(H,37,38)/t23-,25-/m0/s1. The van der Waals surface area contributed by atoms with Gasteiger partial charge in [-0.1, -0.05) is 66.7 Å². The highest BCUT2D eigenvalue weighted by Gasteiger charge is 2.38. The summed E-state index contributed by atoms with van der Waals surface area (Å²) in [6.07, 6.45) is 1.30. The van der Waals surface area contributed by atoms with Gasteiger partial charge in [-0.2, -0.15) is 0 Å². The third-order valence-electron chi connectivity index (χ3n) is 7.11. The van der Waals surface area contributed by atoms with Crippen molar-refractivity contribution < 1.29 is 24.3 Å². The third-order valence-corrected chi connectivity index (χ3v) is 7.11. The number of aromatic nitrogens is 1. The van der Waals surface area contributed by atoms with Crippen LogP contribution < -0.4 is 15.5 Å². The topological polar surface area (TPSA) is 132 Å². The smallest absolute Gasteiger partial charge is 0.322 e. The van der Waals surface area contributed by atoms with Crippen molar-refractivity contribution in [1.29, 1.82) is 0 Å². The molecule has 1 aliphatic heterocycles. The Morgan fingerprint density at radius 2 is 1.68 bits per heavy atom. The van der Waals surface area contributed by atoms with Crippen LogP contribution in [0.1, 0.15) is 34.5 Å². The molecule has 0 spiro atoms. The van der Waals surface area contributed by atoms with Crippen molar-refractivity contribution in [3.8, 4) is 0 Å². The van der Waals surface area contributed by atoms with Crippen LogP contribution >= 0.6 is 0 Å². The first-order chi connectivity index (χ1) is 19.4. The normalized spacial score (nSPS) is 14.9. The molecule has 3 aromatic carbocycles. The zero-order chi connectivity index (χ0) is 28.1. The monoisotopic (exact) mass is 538 g/mol. The maximum atomic E-state index is 14.2. The third kappa shape index (κ3) is 6.04. The maximum absolute atomic E-state index is 14.2. The zero-order valence-electron chi connectivity index (χ0n) is 21.8. The van der Waals surface area contributed by atoms with Gasteiger partial charge >= 0.3 is 5.97 Å². The fraction of sp³-hybridized carbons (Fsp3) is 0.226. The molecule has 2 heterocycles. The Morgan fingerprint density at radius 3 is 2.45 bits per heavy atom. The van der Waals surface area contributed by atoms with Crippen LogP contribution in [0, 0.1) is 0 Å². The van der Waals surface area contributed by atoms with Crippen LogP contribution in [0.4, 0.5) is 5.69 Å². The number of carbonyl (C=O) groups is 4. The number of amides is 3. The van der Waals surface area contributed by atoms with E-state index in [1.54, 1.807) is 11.0 Å². The molecule has 3 amide bonds. The van der Waals surface area contributed by atoms with E-state index in [2.05, 4.69) is 15.6 Å². The van der Waals surface area contributed by atoms with Gasteiger partial charge in [0.25, 0.3) is 5.91 Å². The fourth-order valence-corrected chi connectivity index (χ4v) is 5.20. The summed E-state index contributed by atoms with van der Waals surface area (Å²) in [4.78, 5) is 55.8. The van der Waals surface area contributed by atoms with Crippen molar-refractivity contribution in [2.24, 2.45) is 0 Å². The quantitative estimate of drug-likeness (QED) is 0.246. The van der Waals surface area contributed by atoms with Gasteiger partial charge in [0.2, 0.25) is 11.8 Å². The summed E-state index contributed by atoms with van der Waals surface area (Å²) in [5.74, 6) is -2.31. The number of para-hydroxylation sites is 2. The number of benzene rings is 3. The molecule has 0 bridgehead atoms. The van der Waals surface area contributed by atoms with Gasteiger partial charge in [0.1, 0.15) is 18.3 Å². The summed E-state index contributed by atoms with van der Waals surface area (Å²) in [5.41, 5.74) is 3.81. The van der Waals surface area contributed by atoms with Gasteiger partial charge in [-0.25, -0.2) is 0 Å².